The van der Waals surface area contributed by atoms with Crippen molar-refractivity contribution in [3.05, 3.63) is 0 Å². The maximum absolute atomic E-state index is 12.7. The minimum Gasteiger partial charge on any atom is -0.457 e. The molecule has 0 saturated heterocycles. The van der Waals surface area contributed by atoms with Gasteiger partial charge in [0.15, 0.2) is 0 Å². The lowest BCUT2D eigenvalue weighted by Gasteiger charge is -2.24. The molecule has 0 aliphatic heterocycles. The summed E-state index contributed by atoms with van der Waals surface area (Å²) in [7, 11) is 1.69. The molecule has 1 N–H and O–H groups in total. The smallest absolute Gasteiger partial charge is 0.457 e. The minimum atomic E-state index is -4.27. The number of carbonyl (C=O) groups excluding carboxylic acids is 1. The normalized spacial score (nSPS) is 13.7. The van der Waals surface area contributed by atoms with E-state index in [9.17, 15) is 14.3 Å². The molecular formula is C45H93NO7P+. The molecule has 2 atom stereocenters. The molecule has 0 amide bonds. The van der Waals surface area contributed by atoms with Crippen LogP contribution in [0.5, 0.6) is 0 Å². The summed E-state index contributed by atoms with van der Waals surface area (Å²) in [6.07, 6.45) is 41.3. The molecule has 9 heteroatoms. The highest BCUT2D eigenvalue weighted by Crippen LogP contribution is 2.43. The Morgan fingerprint density at radius 3 is 1.22 bits per heavy atom. The molecule has 0 aromatic heterocycles. The Hall–Kier alpha value is -0.500. The Kier molecular flexibility index (Phi) is 39.0. The van der Waals surface area contributed by atoms with Crippen LogP contribution in [-0.4, -0.2) is 75.6 Å². The van der Waals surface area contributed by atoms with E-state index >= 15 is 0 Å². The number of carbonyl (C=O) groups is 1. The second-order valence-electron chi connectivity index (χ2n) is 17.2. The average molecular weight is 791 g/mol. The molecule has 8 nitrogen and oxygen atoms in total. The lowest BCUT2D eigenvalue weighted by molar-refractivity contribution is -0.870. The largest absolute Gasteiger partial charge is 0.472 e. The Balaban J connectivity index is 4.14. The van der Waals surface area contributed by atoms with Crippen molar-refractivity contribution in [3.8, 4) is 0 Å². The zero-order valence-electron chi connectivity index (χ0n) is 36.7. The van der Waals surface area contributed by atoms with Crippen molar-refractivity contribution < 1.29 is 37.3 Å². The zero-order valence-corrected chi connectivity index (χ0v) is 37.6. The number of likely N-dealkylation sites (N-methyl/N-ethyl adjacent to an activating group) is 1. The highest BCUT2D eigenvalue weighted by molar-refractivity contribution is 7.47. The van der Waals surface area contributed by atoms with Gasteiger partial charge in [-0.15, -0.1) is 0 Å². The van der Waals surface area contributed by atoms with Crippen molar-refractivity contribution in [2.75, 3.05) is 54.1 Å². The lowest BCUT2D eigenvalue weighted by atomic mass is 10.0. The van der Waals surface area contributed by atoms with Gasteiger partial charge < -0.3 is 18.9 Å². The van der Waals surface area contributed by atoms with Crippen LogP contribution < -0.4 is 0 Å². The van der Waals surface area contributed by atoms with Gasteiger partial charge in [0.25, 0.3) is 0 Å². The van der Waals surface area contributed by atoms with Gasteiger partial charge in [-0.25, -0.2) is 4.57 Å². The van der Waals surface area contributed by atoms with Gasteiger partial charge in [0.2, 0.25) is 0 Å². The lowest BCUT2D eigenvalue weighted by Crippen LogP contribution is -2.37. The Morgan fingerprint density at radius 1 is 0.500 bits per heavy atom. The van der Waals surface area contributed by atoms with Crippen LogP contribution in [-0.2, 0) is 27.9 Å². The first-order chi connectivity index (χ1) is 26.1. The maximum atomic E-state index is 12.7. The number of unbranched alkanes of at least 4 members (excludes halogenated alkanes) is 30. The molecule has 0 fully saturated rings. The first-order valence-corrected chi connectivity index (χ1v) is 24.8. The number of nitrogens with zero attached hydrogens (tertiary/aromatic N) is 1. The molecule has 0 aliphatic carbocycles. The molecule has 2 unspecified atom stereocenters. The molecule has 0 aliphatic rings. The van der Waals surface area contributed by atoms with E-state index in [1.165, 1.54) is 173 Å². The van der Waals surface area contributed by atoms with Gasteiger partial charge in [-0.1, -0.05) is 206 Å². The van der Waals surface area contributed by atoms with E-state index < -0.39 is 13.9 Å². The van der Waals surface area contributed by atoms with Crippen molar-refractivity contribution in [2.45, 2.75) is 232 Å². The average Bonchev–Trinajstić information content (AvgIpc) is 3.12. The van der Waals surface area contributed by atoms with Crippen molar-refractivity contribution in [3.63, 3.8) is 0 Å². The van der Waals surface area contributed by atoms with Crippen LogP contribution in [0.2, 0.25) is 0 Å². The molecular weight excluding hydrogens is 697 g/mol. The van der Waals surface area contributed by atoms with E-state index in [2.05, 4.69) is 13.8 Å². The van der Waals surface area contributed by atoms with Gasteiger partial charge in [0, 0.05) is 13.0 Å². The van der Waals surface area contributed by atoms with Crippen molar-refractivity contribution in [2.24, 2.45) is 0 Å². The monoisotopic (exact) mass is 791 g/mol. The van der Waals surface area contributed by atoms with Crippen LogP contribution in [0.15, 0.2) is 0 Å². The summed E-state index contributed by atoms with van der Waals surface area (Å²) in [5.41, 5.74) is 0. The van der Waals surface area contributed by atoms with Gasteiger partial charge in [0.1, 0.15) is 19.3 Å². The number of rotatable bonds is 44. The Morgan fingerprint density at radius 2 is 0.852 bits per heavy atom. The number of phosphoric ester groups is 1. The summed E-state index contributed by atoms with van der Waals surface area (Å²) in [5, 5.41) is 0. The SMILES string of the molecule is CCCCCCCCCCCCCCCCCCCCC(=O)OC(COCCCCCCCCCCCCCCCC)COP(=O)(O)OCC[N+](C)(C)C. The van der Waals surface area contributed by atoms with Crippen LogP contribution in [0.3, 0.4) is 0 Å². The van der Waals surface area contributed by atoms with E-state index in [1.54, 1.807) is 0 Å². The van der Waals surface area contributed by atoms with Gasteiger partial charge >= 0.3 is 13.8 Å². The molecule has 0 heterocycles. The van der Waals surface area contributed by atoms with E-state index in [-0.39, 0.29) is 25.8 Å². The summed E-state index contributed by atoms with van der Waals surface area (Å²) >= 11 is 0. The predicted molar refractivity (Wildman–Crippen MR) is 229 cm³/mol. The fraction of sp³-hybridized carbons (Fsp3) is 0.978. The van der Waals surface area contributed by atoms with Crippen LogP contribution in [0.1, 0.15) is 226 Å². The fourth-order valence-electron chi connectivity index (χ4n) is 6.79. The first kappa shape index (κ1) is 53.5. The molecule has 0 spiro atoms. The van der Waals surface area contributed by atoms with Crippen molar-refractivity contribution in [1.82, 2.24) is 0 Å². The number of ether oxygens (including phenoxy) is 2. The van der Waals surface area contributed by atoms with Crippen LogP contribution in [0.4, 0.5) is 0 Å². The number of phosphoric acid groups is 1. The summed E-state index contributed by atoms with van der Waals surface area (Å²) in [6.45, 7) is 5.69. The van der Waals surface area contributed by atoms with E-state index in [0.717, 1.165) is 32.1 Å². The fourth-order valence-corrected chi connectivity index (χ4v) is 7.53. The number of esters is 1. The minimum absolute atomic E-state index is 0.0940. The topological polar surface area (TPSA) is 91.3 Å². The molecule has 0 rings (SSSR count). The highest BCUT2D eigenvalue weighted by atomic mass is 31.2. The van der Waals surface area contributed by atoms with Crippen LogP contribution in [0, 0.1) is 0 Å². The summed E-state index contributed by atoms with van der Waals surface area (Å²) in [5.74, 6) is -0.307. The second kappa shape index (κ2) is 39.3. The van der Waals surface area contributed by atoms with Crippen molar-refractivity contribution >= 4 is 13.8 Å². The van der Waals surface area contributed by atoms with E-state index in [4.69, 9.17) is 18.5 Å². The quantitative estimate of drug-likeness (QED) is 0.0284. The third kappa shape index (κ3) is 42.6. The molecule has 0 aromatic rings. The third-order valence-corrected chi connectivity index (χ3v) is 11.4. The van der Waals surface area contributed by atoms with Crippen molar-refractivity contribution in [1.29, 1.82) is 0 Å². The molecule has 0 bridgehead atoms. The van der Waals surface area contributed by atoms with Crippen LogP contribution >= 0.6 is 7.82 Å². The van der Waals surface area contributed by atoms with E-state index in [0.29, 0.717) is 24.1 Å². The highest BCUT2D eigenvalue weighted by Gasteiger charge is 2.26. The predicted octanol–water partition coefficient (Wildman–Crippen LogP) is 13.7. The Bertz CT molecular complexity index is 837. The van der Waals surface area contributed by atoms with Crippen LogP contribution in [0.25, 0.3) is 0 Å². The summed E-state index contributed by atoms with van der Waals surface area (Å²) in [6, 6.07) is 0. The molecule has 0 aromatic carbocycles. The number of hydrogen-bond acceptors (Lipinski definition) is 6. The van der Waals surface area contributed by atoms with Gasteiger partial charge in [-0.05, 0) is 12.8 Å². The van der Waals surface area contributed by atoms with Gasteiger partial charge in [-0.2, -0.15) is 0 Å². The van der Waals surface area contributed by atoms with Gasteiger partial charge in [-0.3, -0.25) is 13.8 Å². The number of hydrogen-bond donors (Lipinski definition) is 1. The van der Waals surface area contributed by atoms with Gasteiger partial charge in [0.05, 0.1) is 34.4 Å². The molecule has 54 heavy (non-hydrogen) atoms. The summed E-state index contributed by atoms with van der Waals surface area (Å²) in [4.78, 5) is 22.9. The maximum Gasteiger partial charge on any atom is 0.472 e. The number of quaternary nitrogens is 1. The first-order valence-electron chi connectivity index (χ1n) is 23.3. The van der Waals surface area contributed by atoms with E-state index in [1.807, 2.05) is 21.1 Å². The standard InChI is InChI=1S/C45H92NO7P/c1-6-8-10-12-14-16-18-20-22-23-24-25-26-28-30-32-34-36-38-45(47)53-44(43-52-54(48,49)51-41-39-46(3,4)5)42-50-40-37-35-33-31-29-27-21-19-17-15-13-11-9-7-2/h44H,6-43H2,1-5H3/p+1. The summed E-state index contributed by atoms with van der Waals surface area (Å²) < 4.78 is 35.1. The Labute approximate surface area is 336 Å². The third-order valence-electron chi connectivity index (χ3n) is 10.4. The molecule has 324 valence electrons. The molecule has 0 radical (unpaired) electrons. The molecule has 0 saturated carbocycles. The second-order valence-corrected chi connectivity index (χ2v) is 18.6. The zero-order chi connectivity index (χ0) is 39.9.